The van der Waals surface area contributed by atoms with Crippen LogP contribution in [0.3, 0.4) is 0 Å². The Kier molecular flexibility index (Phi) is 5.03. The molecule has 0 aromatic carbocycles. The topological polar surface area (TPSA) is 83.9 Å². The van der Waals surface area contributed by atoms with Crippen molar-refractivity contribution in [1.82, 2.24) is 4.31 Å². The van der Waals surface area contributed by atoms with Crippen LogP contribution in [0.15, 0.2) is 16.3 Å². The molecule has 0 amide bonds. The summed E-state index contributed by atoms with van der Waals surface area (Å²) in [6.45, 7) is 2.38. The van der Waals surface area contributed by atoms with E-state index in [4.69, 9.17) is 9.84 Å². The predicted molar refractivity (Wildman–Crippen MR) is 79.2 cm³/mol. The Hall–Kier alpha value is -0.960. The largest absolute Gasteiger partial charge is 0.477 e. The van der Waals surface area contributed by atoms with Gasteiger partial charge in [-0.1, -0.05) is 0 Å². The number of carboxylic acids is 1. The van der Waals surface area contributed by atoms with Crippen molar-refractivity contribution in [2.24, 2.45) is 5.92 Å². The number of hydrogen-bond acceptors (Lipinski definition) is 5. The zero-order valence-corrected chi connectivity index (χ0v) is 13.6. The van der Waals surface area contributed by atoms with E-state index >= 15 is 0 Å². The van der Waals surface area contributed by atoms with Crippen LogP contribution >= 0.6 is 11.3 Å². The van der Waals surface area contributed by atoms with Crippen molar-refractivity contribution in [3.63, 3.8) is 0 Å². The zero-order valence-electron chi connectivity index (χ0n) is 12.0. The Labute approximate surface area is 128 Å². The molecule has 1 N–H and O–H groups in total. The highest BCUT2D eigenvalue weighted by Crippen LogP contribution is 2.37. The molecule has 1 fully saturated rings. The molecule has 1 heterocycles. The lowest BCUT2D eigenvalue weighted by Crippen LogP contribution is -2.42. The molecule has 0 saturated heterocycles. The highest BCUT2D eigenvalue weighted by molar-refractivity contribution is 7.89. The molecule has 8 heteroatoms. The van der Waals surface area contributed by atoms with Crippen LogP contribution in [0, 0.1) is 5.92 Å². The van der Waals surface area contributed by atoms with Gasteiger partial charge in [0.25, 0.3) is 0 Å². The molecule has 0 aliphatic heterocycles. The van der Waals surface area contributed by atoms with Gasteiger partial charge in [0.1, 0.15) is 9.77 Å². The average molecular weight is 333 g/mol. The first-order chi connectivity index (χ1) is 9.89. The van der Waals surface area contributed by atoms with Crippen molar-refractivity contribution in [2.45, 2.75) is 30.7 Å². The Morgan fingerprint density at radius 3 is 2.76 bits per heavy atom. The van der Waals surface area contributed by atoms with E-state index in [1.54, 1.807) is 0 Å². The lowest BCUT2D eigenvalue weighted by Gasteiger charge is -2.28. The number of carbonyl (C=O) groups is 1. The van der Waals surface area contributed by atoms with Crippen LogP contribution < -0.4 is 0 Å². The summed E-state index contributed by atoms with van der Waals surface area (Å²) in [5.41, 5.74) is 0. The van der Waals surface area contributed by atoms with E-state index in [-0.39, 0.29) is 29.0 Å². The first-order valence-corrected chi connectivity index (χ1v) is 9.03. The molecule has 1 aliphatic rings. The normalized spacial score (nSPS) is 17.1. The van der Waals surface area contributed by atoms with Gasteiger partial charge in [0.05, 0.1) is 6.61 Å². The SMILES string of the molecule is COCCN(C(C)C1CC1)S(=O)(=O)c1ccsc1C(=O)O. The van der Waals surface area contributed by atoms with Crippen LogP contribution in [0.2, 0.25) is 0 Å². The Bertz CT molecular complexity index is 606. The molecule has 1 unspecified atom stereocenters. The minimum absolute atomic E-state index is 0.122. The van der Waals surface area contributed by atoms with Gasteiger partial charge in [-0.25, -0.2) is 13.2 Å². The van der Waals surface area contributed by atoms with Gasteiger partial charge in [-0.2, -0.15) is 4.31 Å². The van der Waals surface area contributed by atoms with E-state index in [0.29, 0.717) is 5.92 Å². The molecule has 0 spiro atoms. The summed E-state index contributed by atoms with van der Waals surface area (Å²) in [6, 6.07) is 1.22. The predicted octanol–water partition coefficient (Wildman–Crippen LogP) is 1.88. The molecule has 1 aromatic rings. The first kappa shape index (κ1) is 16.4. The molecule has 6 nitrogen and oxygen atoms in total. The second-order valence-corrected chi connectivity index (χ2v) is 7.88. The van der Waals surface area contributed by atoms with Crippen LogP contribution in [-0.2, 0) is 14.8 Å². The Balaban J connectivity index is 2.36. The number of carboxylic acid groups (broad SMARTS) is 1. The Morgan fingerprint density at radius 1 is 1.57 bits per heavy atom. The van der Waals surface area contributed by atoms with Gasteiger partial charge in [0.15, 0.2) is 0 Å². The van der Waals surface area contributed by atoms with E-state index < -0.39 is 16.0 Å². The maximum Gasteiger partial charge on any atom is 0.347 e. The fraction of sp³-hybridized carbons (Fsp3) is 0.615. The number of ether oxygens (including phenoxy) is 1. The average Bonchev–Trinajstić information content (AvgIpc) is 3.14. The second kappa shape index (κ2) is 6.43. The molecule has 1 aromatic heterocycles. The van der Waals surface area contributed by atoms with Crippen LogP contribution in [-0.4, -0.2) is 50.1 Å². The smallest absolute Gasteiger partial charge is 0.347 e. The zero-order chi connectivity index (χ0) is 15.6. The van der Waals surface area contributed by atoms with Gasteiger partial charge in [-0.05, 0) is 37.1 Å². The number of sulfonamides is 1. The van der Waals surface area contributed by atoms with Crippen molar-refractivity contribution < 1.29 is 23.1 Å². The summed E-state index contributed by atoms with van der Waals surface area (Å²) >= 11 is 0.925. The number of aromatic carboxylic acids is 1. The molecule has 21 heavy (non-hydrogen) atoms. The van der Waals surface area contributed by atoms with E-state index in [1.165, 1.54) is 22.9 Å². The first-order valence-electron chi connectivity index (χ1n) is 6.71. The van der Waals surface area contributed by atoms with E-state index in [9.17, 15) is 13.2 Å². The van der Waals surface area contributed by atoms with Gasteiger partial charge >= 0.3 is 5.97 Å². The minimum atomic E-state index is -3.83. The fourth-order valence-electron chi connectivity index (χ4n) is 2.32. The van der Waals surface area contributed by atoms with E-state index in [1.807, 2.05) is 6.92 Å². The molecule has 0 radical (unpaired) electrons. The third-order valence-corrected chi connectivity index (χ3v) is 6.74. The molecule has 1 saturated carbocycles. The summed E-state index contributed by atoms with van der Waals surface area (Å²) in [5.74, 6) is -0.863. The van der Waals surface area contributed by atoms with Gasteiger partial charge in [0, 0.05) is 19.7 Å². The van der Waals surface area contributed by atoms with E-state index in [0.717, 1.165) is 24.2 Å². The van der Waals surface area contributed by atoms with Crippen molar-refractivity contribution >= 4 is 27.3 Å². The number of rotatable bonds is 8. The summed E-state index contributed by atoms with van der Waals surface area (Å²) in [5, 5.41) is 10.6. The minimum Gasteiger partial charge on any atom is -0.477 e. The van der Waals surface area contributed by atoms with Crippen molar-refractivity contribution in [2.75, 3.05) is 20.3 Å². The quantitative estimate of drug-likeness (QED) is 0.785. The maximum atomic E-state index is 12.8. The van der Waals surface area contributed by atoms with Crippen molar-refractivity contribution in [3.8, 4) is 0 Å². The summed E-state index contributed by atoms with van der Waals surface area (Å²) in [7, 11) is -2.31. The third kappa shape index (κ3) is 3.45. The fourth-order valence-corrected chi connectivity index (χ4v) is 5.23. The number of hydrogen-bond donors (Lipinski definition) is 1. The molecule has 0 bridgehead atoms. The van der Waals surface area contributed by atoms with Gasteiger partial charge in [0.2, 0.25) is 10.0 Å². The molecule has 1 atom stereocenters. The second-order valence-electron chi connectivity index (χ2n) is 5.11. The van der Waals surface area contributed by atoms with Crippen LogP contribution in [0.4, 0.5) is 0 Å². The summed E-state index contributed by atoms with van der Waals surface area (Å²) in [6.07, 6.45) is 2.02. The maximum absolute atomic E-state index is 12.8. The summed E-state index contributed by atoms with van der Waals surface area (Å²) in [4.78, 5) is 10.9. The number of nitrogens with zero attached hydrogens (tertiary/aromatic N) is 1. The highest BCUT2D eigenvalue weighted by atomic mass is 32.2. The number of methoxy groups -OCH3 is 1. The highest BCUT2D eigenvalue weighted by Gasteiger charge is 2.39. The van der Waals surface area contributed by atoms with Crippen LogP contribution in [0.5, 0.6) is 0 Å². The standard InChI is InChI=1S/C13H19NO5S2/c1-9(10-3-4-10)14(6-7-19-2)21(17,18)11-5-8-20-12(11)13(15)16/h5,8-10H,3-4,6-7H2,1-2H3,(H,15,16). The van der Waals surface area contributed by atoms with Crippen molar-refractivity contribution in [1.29, 1.82) is 0 Å². The van der Waals surface area contributed by atoms with Gasteiger partial charge in [-0.15, -0.1) is 11.3 Å². The Morgan fingerprint density at radius 2 is 2.24 bits per heavy atom. The van der Waals surface area contributed by atoms with Gasteiger partial charge < -0.3 is 9.84 Å². The third-order valence-electron chi connectivity index (χ3n) is 3.68. The van der Waals surface area contributed by atoms with E-state index in [2.05, 4.69) is 0 Å². The molecule has 2 rings (SSSR count). The molecule has 1 aliphatic carbocycles. The molecular formula is C13H19NO5S2. The van der Waals surface area contributed by atoms with Gasteiger partial charge in [-0.3, -0.25) is 0 Å². The van der Waals surface area contributed by atoms with Crippen molar-refractivity contribution in [3.05, 3.63) is 16.3 Å². The van der Waals surface area contributed by atoms with Crippen LogP contribution in [0.25, 0.3) is 0 Å². The molecular weight excluding hydrogens is 314 g/mol. The lowest BCUT2D eigenvalue weighted by atomic mass is 10.2. The molecule has 118 valence electrons. The summed E-state index contributed by atoms with van der Waals surface area (Å²) < 4.78 is 32.0. The number of thiophene rings is 1. The lowest BCUT2D eigenvalue weighted by molar-refractivity contribution is 0.0698. The van der Waals surface area contributed by atoms with Crippen LogP contribution in [0.1, 0.15) is 29.4 Å². The monoisotopic (exact) mass is 333 g/mol.